The molecule has 0 bridgehead atoms. The standard InChI is InChI=1S/C21H30O3/c1-5-7-15-12-14-8-9-18-20(2,16(14)13-17(15)22)10-6-11-21(18,3)19(23)24-4/h12-13,18,22H,5-11H2,1-4H3/t18?,20-,21-/m1/s1. The molecule has 0 heterocycles. The van der Waals surface area contributed by atoms with E-state index in [0.29, 0.717) is 5.75 Å². The van der Waals surface area contributed by atoms with Gasteiger partial charge in [0.15, 0.2) is 0 Å². The van der Waals surface area contributed by atoms with E-state index in [9.17, 15) is 9.90 Å². The highest BCUT2D eigenvalue weighted by molar-refractivity contribution is 5.77. The van der Waals surface area contributed by atoms with Crippen molar-refractivity contribution in [1.29, 1.82) is 0 Å². The Kier molecular flexibility index (Phi) is 4.39. The lowest BCUT2D eigenvalue weighted by atomic mass is 9.49. The third-order valence-electron chi connectivity index (χ3n) is 6.72. The summed E-state index contributed by atoms with van der Waals surface area (Å²) in [6.45, 7) is 6.51. The van der Waals surface area contributed by atoms with E-state index >= 15 is 0 Å². The number of phenols is 1. The third-order valence-corrected chi connectivity index (χ3v) is 6.72. The molecule has 24 heavy (non-hydrogen) atoms. The molecule has 1 aromatic carbocycles. The Bertz CT molecular complexity index is 651. The summed E-state index contributed by atoms with van der Waals surface area (Å²) in [6.07, 6.45) is 6.95. The molecule has 3 heteroatoms. The Balaban J connectivity index is 2.07. The van der Waals surface area contributed by atoms with Gasteiger partial charge >= 0.3 is 5.97 Å². The molecule has 3 atom stereocenters. The van der Waals surface area contributed by atoms with E-state index in [1.54, 1.807) is 0 Å². The first-order chi connectivity index (χ1) is 11.4. The van der Waals surface area contributed by atoms with E-state index in [0.717, 1.165) is 50.5 Å². The summed E-state index contributed by atoms with van der Waals surface area (Å²) in [4.78, 5) is 12.5. The smallest absolute Gasteiger partial charge is 0.311 e. The molecule has 3 rings (SSSR count). The van der Waals surface area contributed by atoms with Crippen LogP contribution in [-0.4, -0.2) is 18.2 Å². The highest BCUT2D eigenvalue weighted by Crippen LogP contribution is 2.58. The van der Waals surface area contributed by atoms with E-state index in [2.05, 4.69) is 26.8 Å². The van der Waals surface area contributed by atoms with Crippen molar-refractivity contribution in [3.63, 3.8) is 0 Å². The number of benzene rings is 1. The summed E-state index contributed by atoms with van der Waals surface area (Å²) >= 11 is 0. The topological polar surface area (TPSA) is 46.5 Å². The number of aryl methyl sites for hydroxylation is 2. The predicted molar refractivity (Wildman–Crippen MR) is 95.2 cm³/mol. The lowest BCUT2D eigenvalue weighted by Gasteiger charge is -2.54. The second-order valence-corrected chi connectivity index (χ2v) is 8.16. The second kappa shape index (κ2) is 6.09. The molecule has 1 saturated carbocycles. The summed E-state index contributed by atoms with van der Waals surface area (Å²) < 4.78 is 5.16. The van der Waals surface area contributed by atoms with Crippen LogP contribution in [0.5, 0.6) is 5.75 Å². The molecule has 3 nitrogen and oxygen atoms in total. The van der Waals surface area contributed by atoms with E-state index in [1.807, 2.05) is 6.07 Å². The van der Waals surface area contributed by atoms with Crippen molar-refractivity contribution in [2.75, 3.05) is 7.11 Å². The number of methoxy groups -OCH3 is 1. The van der Waals surface area contributed by atoms with Crippen molar-refractivity contribution in [2.45, 2.75) is 71.1 Å². The van der Waals surface area contributed by atoms with E-state index < -0.39 is 5.41 Å². The highest BCUT2D eigenvalue weighted by atomic mass is 16.5. The first kappa shape index (κ1) is 17.3. The molecule has 132 valence electrons. The molecule has 0 radical (unpaired) electrons. The first-order valence-corrected chi connectivity index (χ1v) is 9.30. The normalized spacial score (nSPS) is 31.9. The van der Waals surface area contributed by atoms with Gasteiger partial charge in [0.2, 0.25) is 0 Å². The maximum Gasteiger partial charge on any atom is 0.311 e. The van der Waals surface area contributed by atoms with Crippen LogP contribution in [0.1, 0.15) is 69.6 Å². The van der Waals surface area contributed by atoms with Crippen LogP contribution in [0.15, 0.2) is 12.1 Å². The van der Waals surface area contributed by atoms with Crippen LogP contribution in [0.2, 0.25) is 0 Å². The maximum absolute atomic E-state index is 12.5. The molecule has 0 spiro atoms. The van der Waals surface area contributed by atoms with Crippen LogP contribution in [-0.2, 0) is 27.8 Å². The molecule has 1 aromatic rings. The zero-order valence-electron chi connectivity index (χ0n) is 15.4. The molecular weight excluding hydrogens is 300 g/mol. The van der Waals surface area contributed by atoms with Crippen LogP contribution in [0.3, 0.4) is 0 Å². The zero-order chi connectivity index (χ0) is 17.5. The van der Waals surface area contributed by atoms with Gasteiger partial charge in [0.25, 0.3) is 0 Å². The largest absolute Gasteiger partial charge is 0.508 e. The molecule has 0 aromatic heterocycles. The van der Waals surface area contributed by atoms with E-state index in [4.69, 9.17) is 4.74 Å². The van der Waals surface area contributed by atoms with Gasteiger partial charge in [-0.1, -0.05) is 32.8 Å². The van der Waals surface area contributed by atoms with Gasteiger partial charge in [-0.3, -0.25) is 4.79 Å². The number of fused-ring (bicyclic) bond motifs is 3. The van der Waals surface area contributed by atoms with E-state index in [1.165, 1.54) is 18.2 Å². The number of esters is 1. The number of carbonyl (C=O) groups excluding carboxylic acids is 1. The fraction of sp³-hybridized carbons (Fsp3) is 0.667. The quantitative estimate of drug-likeness (QED) is 0.828. The molecule has 1 N–H and O–H groups in total. The van der Waals surface area contributed by atoms with Gasteiger partial charge in [0.05, 0.1) is 12.5 Å². The zero-order valence-corrected chi connectivity index (χ0v) is 15.4. The minimum absolute atomic E-state index is 0.0585. The van der Waals surface area contributed by atoms with Gasteiger partial charge in [0, 0.05) is 0 Å². The fourth-order valence-electron chi connectivity index (χ4n) is 5.50. The number of hydrogen-bond acceptors (Lipinski definition) is 3. The fourth-order valence-corrected chi connectivity index (χ4v) is 5.50. The monoisotopic (exact) mass is 330 g/mol. The van der Waals surface area contributed by atoms with Crippen molar-refractivity contribution >= 4 is 5.97 Å². The predicted octanol–water partition coefficient (Wildman–Crippen LogP) is 4.53. The molecule has 1 unspecified atom stereocenters. The molecule has 0 saturated heterocycles. The average Bonchev–Trinajstić information content (AvgIpc) is 2.55. The molecular formula is C21H30O3. The SMILES string of the molecule is CCCc1cc2c(cc1O)[C@@]1(C)CCC[C@@](C)(C(=O)OC)C1CC2. The number of phenolic OH excluding ortho intramolecular Hbond substituents is 1. The van der Waals surface area contributed by atoms with Gasteiger partial charge in [0.1, 0.15) is 5.75 Å². The number of ether oxygens (including phenoxy) is 1. The molecule has 2 aliphatic rings. The minimum atomic E-state index is -0.419. The van der Waals surface area contributed by atoms with Crippen LogP contribution in [0.25, 0.3) is 0 Å². The average molecular weight is 330 g/mol. The van der Waals surface area contributed by atoms with E-state index in [-0.39, 0.29) is 17.3 Å². The van der Waals surface area contributed by atoms with Crippen LogP contribution in [0, 0.1) is 11.3 Å². The Morgan fingerprint density at radius 1 is 1.33 bits per heavy atom. The van der Waals surface area contributed by atoms with Crippen LogP contribution < -0.4 is 0 Å². The van der Waals surface area contributed by atoms with Crippen LogP contribution in [0.4, 0.5) is 0 Å². The van der Waals surface area contributed by atoms with Crippen molar-refractivity contribution in [3.05, 3.63) is 28.8 Å². The minimum Gasteiger partial charge on any atom is -0.508 e. The van der Waals surface area contributed by atoms with Gasteiger partial charge < -0.3 is 9.84 Å². The number of carbonyl (C=O) groups is 1. The van der Waals surface area contributed by atoms with Crippen molar-refractivity contribution in [3.8, 4) is 5.75 Å². The Labute approximate surface area is 145 Å². The number of rotatable bonds is 3. The highest BCUT2D eigenvalue weighted by Gasteiger charge is 2.55. The van der Waals surface area contributed by atoms with Crippen LogP contribution >= 0.6 is 0 Å². The van der Waals surface area contributed by atoms with Gasteiger partial charge in [-0.2, -0.15) is 0 Å². The van der Waals surface area contributed by atoms with Crippen molar-refractivity contribution in [2.24, 2.45) is 11.3 Å². The molecule has 0 amide bonds. The Hall–Kier alpha value is -1.51. The molecule has 1 fully saturated rings. The summed E-state index contributed by atoms with van der Waals surface area (Å²) in [7, 11) is 1.50. The van der Waals surface area contributed by atoms with Crippen molar-refractivity contribution < 1.29 is 14.6 Å². The van der Waals surface area contributed by atoms with Gasteiger partial charge in [-0.25, -0.2) is 0 Å². The van der Waals surface area contributed by atoms with Gasteiger partial charge in [-0.05, 0) is 73.1 Å². The summed E-state index contributed by atoms with van der Waals surface area (Å²) in [5, 5.41) is 10.5. The molecule has 2 aliphatic carbocycles. The Morgan fingerprint density at radius 3 is 2.75 bits per heavy atom. The lowest BCUT2D eigenvalue weighted by molar-refractivity contribution is -0.161. The lowest BCUT2D eigenvalue weighted by Crippen LogP contribution is -2.52. The first-order valence-electron chi connectivity index (χ1n) is 9.30. The summed E-state index contributed by atoms with van der Waals surface area (Å²) in [6, 6.07) is 4.20. The number of hydrogen-bond donors (Lipinski definition) is 1. The molecule has 0 aliphatic heterocycles. The Morgan fingerprint density at radius 2 is 2.08 bits per heavy atom. The van der Waals surface area contributed by atoms with Crippen molar-refractivity contribution in [1.82, 2.24) is 0 Å². The second-order valence-electron chi connectivity index (χ2n) is 8.16. The number of aromatic hydroxyl groups is 1. The summed E-state index contributed by atoms with van der Waals surface area (Å²) in [5.74, 6) is 0.617. The maximum atomic E-state index is 12.5. The summed E-state index contributed by atoms with van der Waals surface area (Å²) in [5.41, 5.74) is 3.20. The van der Waals surface area contributed by atoms with Gasteiger partial charge in [-0.15, -0.1) is 0 Å². The third kappa shape index (κ3) is 2.44.